The van der Waals surface area contributed by atoms with Gasteiger partial charge in [0.2, 0.25) is 5.91 Å². The van der Waals surface area contributed by atoms with Crippen molar-refractivity contribution in [2.75, 3.05) is 13.1 Å². The molecule has 2 unspecified atom stereocenters. The minimum Gasteiger partial charge on any atom is -0.342 e. The largest absolute Gasteiger partial charge is 0.342 e. The Kier molecular flexibility index (Phi) is 1.22. The molecule has 0 spiro atoms. The van der Waals surface area contributed by atoms with E-state index in [4.69, 9.17) is 0 Å². The van der Waals surface area contributed by atoms with Crippen LogP contribution in [0.4, 0.5) is 0 Å². The van der Waals surface area contributed by atoms with Gasteiger partial charge < -0.3 is 4.90 Å². The monoisotopic (exact) mass is 139 g/mol. The lowest BCUT2D eigenvalue weighted by molar-refractivity contribution is -0.130. The maximum absolute atomic E-state index is 11.1. The number of rotatable bonds is 1. The van der Waals surface area contributed by atoms with E-state index in [9.17, 15) is 4.79 Å². The van der Waals surface area contributed by atoms with Gasteiger partial charge in [-0.2, -0.15) is 0 Å². The summed E-state index contributed by atoms with van der Waals surface area (Å²) in [5, 5.41) is 0. The molecule has 2 nitrogen and oxygen atoms in total. The zero-order valence-corrected chi connectivity index (χ0v) is 6.34. The van der Waals surface area contributed by atoms with E-state index in [0.29, 0.717) is 12.3 Å². The third kappa shape index (κ3) is 0.825. The van der Waals surface area contributed by atoms with Crippen molar-refractivity contribution in [1.82, 2.24) is 4.90 Å². The van der Waals surface area contributed by atoms with Gasteiger partial charge in [0.05, 0.1) is 0 Å². The van der Waals surface area contributed by atoms with Crippen molar-refractivity contribution in [3.63, 3.8) is 0 Å². The number of piperidine rings is 1. The highest BCUT2D eigenvalue weighted by Gasteiger charge is 2.45. The molecule has 1 aliphatic carbocycles. The van der Waals surface area contributed by atoms with E-state index in [1.54, 1.807) is 0 Å². The van der Waals surface area contributed by atoms with Crippen LogP contribution in [-0.4, -0.2) is 23.9 Å². The Bertz CT molecular complexity index is 157. The predicted octanol–water partition coefficient (Wildman–Crippen LogP) is 0.875. The summed E-state index contributed by atoms with van der Waals surface area (Å²) >= 11 is 0. The van der Waals surface area contributed by atoms with E-state index in [0.717, 1.165) is 24.9 Å². The Labute approximate surface area is 61.2 Å². The van der Waals surface area contributed by atoms with Gasteiger partial charge in [-0.25, -0.2) is 0 Å². The molecule has 2 fully saturated rings. The second kappa shape index (κ2) is 1.97. The van der Waals surface area contributed by atoms with Gasteiger partial charge in [-0.05, 0) is 18.3 Å². The summed E-state index contributed by atoms with van der Waals surface area (Å²) in [5.41, 5.74) is 0. The smallest absolute Gasteiger partial charge is 0.222 e. The minimum atomic E-state index is 0.340. The van der Waals surface area contributed by atoms with Crippen molar-refractivity contribution in [3.05, 3.63) is 0 Å². The Balaban J connectivity index is 1.90. The molecule has 0 aromatic carbocycles. The second-order valence-corrected chi connectivity index (χ2v) is 3.41. The zero-order chi connectivity index (χ0) is 7.14. The summed E-state index contributed by atoms with van der Waals surface area (Å²) in [5.74, 6) is 2.11. The van der Waals surface area contributed by atoms with Crippen molar-refractivity contribution < 1.29 is 4.79 Å². The number of likely N-dealkylation sites (tertiary alicyclic amines) is 1. The average molecular weight is 139 g/mol. The molecule has 10 heavy (non-hydrogen) atoms. The Hall–Kier alpha value is -0.530. The molecule has 0 bridgehead atoms. The molecule has 1 heterocycles. The molecule has 0 aromatic heterocycles. The first-order chi connectivity index (χ1) is 4.81. The van der Waals surface area contributed by atoms with Crippen LogP contribution in [0.2, 0.25) is 0 Å². The first-order valence-corrected chi connectivity index (χ1v) is 4.09. The Morgan fingerprint density at radius 3 is 2.60 bits per heavy atom. The van der Waals surface area contributed by atoms with Crippen LogP contribution < -0.4 is 0 Å². The third-order valence-corrected chi connectivity index (χ3v) is 2.63. The summed E-state index contributed by atoms with van der Waals surface area (Å²) in [4.78, 5) is 13.1. The molecule has 1 saturated carbocycles. The summed E-state index contributed by atoms with van der Waals surface area (Å²) < 4.78 is 0. The van der Waals surface area contributed by atoms with Gasteiger partial charge in [-0.1, -0.05) is 6.92 Å². The van der Waals surface area contributed by atoms with Crippen molar-refractivity contribution in [2.24, 2.45) is 11.8 Å². The zero-order valence-electron chi connectivity index (χ0n) is 6.34. The molecule has 2 heteroatoms. The summed E-state index contributed by atoms with van der Waals surface area (Å²) in [6.45, 7) is 4.04. The van der Waals surface area contributed by atoms with Crippen LogP contribution in [0.15, 0.2) is 0 Å². The molecule has 2 rings (SSSR count). The van der Waals surface area contributed by atoms with E-state index < -0.39 is 0 Å². The summed E-state index contributed by atoms with van der Waals surface area (Å²) in [6, 6.07) is 0. The molecule has 2 aliphatic rings. The molecular formula is C8H13NO. The Morgan fingerprint density at radius 1 is 1.50 bits per heavy atom. The van der Waals surface area contributed by atoms with Crippen LogP contribution in [0.3, 0.4) is 0 Å². The molecule has 1 saturated heterocycles. The number of carbonyl (C=O) groups is 1. The topological polar surface area (TPSA) is 20.3 Å². The molecule has 1 amide bonds. The van der Waals surface area contributed by atoms with Gasteiger partial charge in [0, 0.05) is 19.5 Å². The van der Waals surface area contributed by atoms with Crippen molar-refractivity contribution in [3.8, 4) is 0 Å². The SMILES string of the molecule is CCC(=O)N1CC2CC2C1. The quantitative estimate of drug-likeness (QED) is 0.528. The van der Waals surface area contributed by atoms with E-state index >= 15 is 0 Å². The Morgan fingerprint density at radius 2 is 2.10 bits per heavy atom. The number of fused-ring (bicyclic) bond motifs is 1. The number of hydrogen-bond acceptors (Lipinski definition) is 1. The van der Waals surface area contributed by atoms with Crippen LogP contribution in [0, 0.1) is 11.8 Å². The van der Waals surface area contributed by atoms with E-state index in [-0.39, 0.29) is 0 Å². The molecule has 56 valence electrons. The van der Waals surface area contributed by atoms with Crippen molar-refractivity contribution in [1.29, 1.82) is 0 Å². The van der Waals surface area contributed by atoms with Crippen LogP contribution in [-0.2, 0) is 4.79 Å². The molecule has 1 aliphatic heterocycles. The van der Waals surface area contributed by atoms with Gasteiger partial charge in [-0.3, -0.25) is 4.79 Å². The average Bonchev–Trinajstić information content (AvgIpc) is 2.57. The van der Waals surface area contributed by atoms with Crippen molar-refractivity contribution >= 4 is 5.91 Å². The highest BCUT2D eigenvalue weighted by atomic mass is 16.2. The van der Waals surface area contributed by atoms with Gasteiger partial charge in [0.1, 0.15) is 0 Å². The van der Waals surface area contributed by atoms with Gasteiger partial charge >= 0.3 is 0 Å². The highest BCUT2D eigenvalue weighted by Crippen LogP contribution is 2.44. The van der Waals surface area contributed by atoms with Gasteiger partial charge in [-0.15, -0.1) is 0 Å². The third-order valence-electron chi connectivity index (χ3n) is 2.63. The van der Waals surface area contributed by atoms with E-state index in [2.05, 4.69) is 0 Å². The van der Waals surface area contributed by atoms with Crippen LogP contribution in [0.25, 0.3) is 0 Å². The predicted molar refractivity (Wildman–Crippen MR) is 38.5 cm³/mol. The summed E-state index contributed by atoms with van der Waals surface area (Å²) in [7, 11) is 0. The number of carbonyl (C=O) groups excluding carboxylic acids is 1. The molecule has 0 radical (unpaired) electrons. The second-order valence-electron chi connectivity index (χ2n) is 3.41. The van der Waals surface area contributed by atoms with Crippen LogP contribution in [0.1, 0.15) is 19.8 Å². The standard InChI is InChI=1S/C8H13NO/c1-2-8(10)9-4-6-3-7(6)5-9/h6-7H,2-5H2,1H3. The molecule has 0 aromatic rings. The minimum absolute atomic E-state index is 0.340. The van der Waals surface area contributed by atoms with Crippen LogP contribution >= 0.6 is 0 Å². The fourth-order valence-electron chi connectivity index (χ4n) is 1.83. The number of hydrogen-bond donors (Lipinski definition) is 0. The summed E-state index contributed by atoms with van der Waals surface area (Å²) in [6.07, 6.45) is 2.06. The maximum Gasteiger partial charge on any atom is 0.222 e. The lowest BCUT2D eigenvalue weighted by Crippen LogP contribution is -2.29. The number of nitrogens with zero attached hydrogens (tertiary/aromatic N) is 1. The van der Waals surface area contributed by atoms with Crippen LogP contribution in [0.5, 0.6) is 0 Å². The highest BCUT2D eigenvalue weighted by molar-refractivity contribution is 5.76. The van der Waals surface area contributed by atoms with Gasteiger partial charge in [0.25, 0.3) is 0 Å². The fourth-order valence-corrected chi connectivity index (χ4v) is 1.83. The normalized spacial score (nSPS) is 35.9. The fraction of sp³-hybridized carbons (Fsp3) is 0.875. The lowest BCUT2D eigenvalue weighted by Gasteiger charge is -2.16. The van der Waals surface area contributed by atoms with Crippen molar-refractivity contribution in [2.45, 2.75) is 19.8 Å². The molecule has 0 N–H and O–H groups in total. The van der Waals surface area contributed by atoms with Gasteiger partial charge in [0.15, 0.2) is 0 Å². The first-order valence-electron chi connectivity index (χ1n) is 4.09. The van der Waals surface area contributed by atoms with E-state index in [1.165, 1.54) is 6.42 Å². The first kappa shape index (κ1) is 6.20. The maximum atomic E-state index is 11.1. The molecule has 2 atom stereocenters. The lowest BCUT2D eigenvalue weighted by atomic mass is 10.4. The van der Waals surface area contributed by atoms with E-state index in [1.807, 2.05) is 11.8 Å². The molecular weight excluding hydrogens is 126 g/mol. The number of amides is 1.